The van der Waals surface area contributed by atoms with Crippen molar-refractivity contribution in [3.63, 3.8) is 0 Å². The molecule has 0 aliphatic carbocycles. The van der Waals surface area contributed by atoms with Crippen LogP contribution in [-0.4, -0.2) is 27.7 Å². The topological polar surface area (TPSA) is 62.3 Å². The lowest BCUT2D eigenvalue weighted by Gasteiger charge is -2.36. The van der Waals surface area contributed by atoms with Gasteiger partial charge in [0, 0.05) is 42.2 Å². The minimum Gasteiger partial charge on any atom is -0.326 e. The molecule has 1 aliphatic rings. The van der Waals surface area contributed by atoms with Gasteiger partial charge in [-0.05, 0) is 41.3 Å². The van der Waals surface area contributed by atoms with Gasteiger partial charge in [0.05, 0.1) is 0 Å². The third-order valence-corrected chi connectivity index (χ3v) is 6.11. The molecule has 0 saturated heterocycles. The van der Waals surface area contributed by atoms with E-state index in [0.717, 1.165) is 27.4 Å². The first-order chi connectivity index (χ1) is 14.5. The summed E-state index contributed by atoms with van der Waals surface area (Å²) in [5, 5.41) is 5.89. The summed E-state index contributed by atoms with van der Waals surface area (Å²) in [6, 6.07) is 15.2. The second-order valence-electron chi connectivity index (χ2n) is 8.01. The molecule has 30 heavy (non-hydrogen) atoms. The first kappa shape index (κ1) is 20.3. The zero-order valence-corrected chi connectivity index (χ0v) is 18.0. The molecule has 0 bridgehead atoms. The van der Waals surface area contributed by atoms with E-state index in [1.807, 2.05) is 67.8 Å². The van der Waals surface area contributed by atoms with Gasteiger partial charge < -0.3 is 10.2 Å². The predicted molar refractivity (Wildman–Crippen MR) is 120 cm³/mol. The molecule has 1 aliphatic heterocycles. The number of aromatic nitrogens is 1. The second-order valence-corrected chi connectivity index (χ2v) is 8.91. The van der Waals surface area contributed by atoms with Gasteiger partial charge >= 0.3 is 0 Å². The first-order valence-corrected chi connectivity index (χ1v) is 11.1. The summed E-state index contributed by atoms with van der Waals surface area (Å²) < 4.78 is 0. The summed E-state index contributed by atoms with van der Waals surface area (Å²) >= 11 is 1.58. The van der Waals surface area contributed by atoms with Crippen molar-refractivity contribution < 1.29 is 9.59 Å². The Morgan fingerprint density at radius 1 is 1.13 bits per heavy atom. The van der Waals surface area contributed by atoms with Crippen LogP contribution in [0, 0.1) is 5.92 Å². The van der Waals surface area contributed by atoms with E-state index < -0.39 is 6.04 Å². The summed E-state index contributed by atoms with van der Waals surface area (Å²) in [6.45, 7) is 4.52. The quantitative estimate of drug-likeness (QED) is 0.649. The molecule has 0 fully saturated rings. The lowest BCUT2D eigenvalue weighted by molar-refractivity contribution is -0.140. The van der Waals surface area contributed by atoms with Crippen LogP contribution in [0.1, 0.15) is 31.4 Å². The highest BCUT2D eigenvalue weighted by Crippen LogP contribution is 2.27. The molecule has 2 heterocycles. The molecule has 1 aromatic heterocycles. The Balaban J connectivity index is 1.53. The molecule has 154 valence electrons. The number of hydrogen-bond donors (Lipinski definition) is 1. The minimum atomic E-state index is -0.509. The Kier molecular flexibility index (Phi) is 5.95. The number of carbonyl (C=O) groups excluding carboxylic acids is 2. The molecule has 5 nitrogen and oxygen atoms in total. The Morgan fingerprint density at radius 2 is 1.87 bits per heavy atom. The van der Waals surface area contributed by atoms with E-state index in [4.69, 9.17) is 0 Å². The third-order valence-electron chi connectivity index (χ3n) is 5.29. The van der Waals surface area contributed by atoms with Crippen LogP contribution in [0.15, 0.2) is 60.1 Å². The van der Waals surface area contributed by atoms with Gasteiger partial charge in [0.25, 0.3) is 0 Å². The SMILES string of the molecule is CC(C)CC(=O)N1Cc2ccccc2CC1C(=O)Nc1ccc(-c2nccs2)cc1. The van der Waals surface area contributed by atoms with Crippen LogP contribution in [0.4, 0.5) is 5.69 Å². The lowest BCUT2D eigenvalue weighted by Crippen LogP contribution is -2.50. The molecule has 1 unspecified atom stereocenters. The van der Waals surface area contributed by atoms with E-state index in [1.165, 1.54) is 0 Å². The molecule has 0 radical (unpaired) electrons. The molecule has 1 N–H and O–H groups in total. The van der Waals surface area contributed by atoms with Crippen LogP contribution in [-0.2, 0) is 22.6 Å². The largest absolute Gasteiger partial charge is 0.326 e. The van der Waals surface area contributed by atoms with Gasteiger partial charge in [-0.25, -0.2) is 4.98 Å². The number of amides is 2. The van der Waals surface area contributed by atoms with Crippen LogP contribution in [0.3, 0.4) is 0 Å². The fourth-order valence-corrected chi connectivity index (χ4v) is 4.42. The average Bonchev–Trinajstić information content (AvgIpc) is 3.27. The van der Waals surface area contributed by atoms with E-state index >= 15 is 0 Å². The van der Waals surface area contributed by atoms with Crippen LogP contribution in [0.25, 0.3) is 10.6 Å². The van der Waals surface area contributed by atoms with E-state index in [1.54, 1.807) is 22.4 Å². The molecular weight excluding hydrogens is 394 g/mol. The number of rotatable bonds is 5. The monoisotopic (exact) mass is 419 g/mol. The molecule has 4 rings (SSSR count). The van der Waals surface area contributed by atoms with Crippen molar-refractivity contribution in [2.24, 2.45) is 5.92 Å². The van der Waals surface area contributed by atoms with Crippen molar-refractivity contribution in [2.45, 2.75) is 39.3 Å². The van der Waals surface area contributed by atoms with E-state index in [2.05, 4.69) is 10.3 Å². The molecule has 2 amide bonds. The Bertz CT molecular complexity index is 1030. The van der Waals surface area contributed by atoms with Crippen LogP contribution in [0.2, 0.25) is 0 Å². The third kappa shape index (κ3) is 4.44. The zero-order valence-electron chi connectivity index (χ0n) is 17.2. The maximum absolute atomic E-state index is 13.2. The highest BCUT2D eigenvalue weighted by Gasteiger charge is 2.34. The summed E-state index contributed by atoms with van der Waals surface area (Å²) in [5.74, 6) is 0.124. The number of fused-ring (bicyclic) bond motifs is 1. The normalized spacial score (nSPS) is 15.7. The highest BCUT2D eigenvalue weighted by molar-refractivity contribution is 7.13. The molecule has 2 aromatic carbocycles. The molecule has 0 saturated carbocycles. The van der Waals surface area contributed by atoms with Gasteiger partial charge in [-0.2, -0.15) is 0 Å². The zero-order chi connectivity index (χ0) is 21.1. The fourth-order valence-electron chi connectivity index (χ4n) is 3.77. The number of anilines is 1. The van der Waals surface area contributed by atoms with Gasteiger partial charge in [0.2, 0.25) is 11.8 Å². The standard InChI is InChI=1S/C24H25N3O2S/c1-16(2)13-22(28)27-15-19-6-4-3-5-18(19)14-21(27)23(29)26-20-9-7-17(8-10-20)24-25-11-12-30-24/h3-12,16,21H,13-15H2,1-2H3,(H,26,29). The maximum atomic E-state index is 13.2. The summed E-state index contributed by atoms with van der Waals surface area (Å²) in [4.78, 5) is 32.1. The second kappa shape index (κ2) is 8.79. The molecule has 6 heteroatoms. The van der Waals surface area contributed by atoms with Crippen molar-refractivity contribution in [1.82, 2.24) is 9.88 Å². The van der Waals surface area contributed by atoms with Gasteiger partial charge in [-0.1, -0.05) is 38.1 Å². The maximum Gasteiger partial charge on any atom is 0.247 e. The molecule has 0 spiro atoms. The highest BCUT2D eigenvalue weighted by atomic mass is 32.1. The van der Waals surface area contributed by atoms with Gasteiger partial charge in [0.15, 0.2) is 0 Å². The smallest absolute Gasteiger partial charge is 0.247 e. The van der Waals surface area contributed by atoms with Crippen LogP contribution >= 0.6 is 11.3 Å². The van der Waals surface area contributed by atoms with E-state index in [-0.39, 0.29) is 17.7 Å². The van der Waals surface area contributed by atoms with Crippen LogP contribution < -0.4 is 5.32 Å². The number of thiazole rings is 1. The lowest BCUT2D eigenvalue weighted by atomic mass is 9.92. The van der Waals surface area contributed by atoms with Crippen molar-refractivity contribution in [1.29, 1.82) is 0 Å². The molecular formula is C24H25N3O2S. The molecule has 1 atom stereocenters. The van der Waals surface area contributed by atoms with Crippen LogP contribution in [0.5, 0.6) is 0 Å². The van der Waals surface area contributed by atoms with E-state index in [0.29, 0.717) is 19.4 Å². The van der Waals surface area contributed by atoms with Gasteiger partial charge in [-0.3, -0.25) is 9.59 Å². The Labute approximate surface area is 180 Å². The summed E-state index contributed by atoms with van der Waals surface area (Å²) in [7, 11) is 0. The average molecular weight is 420 g/mol. The van der Waals surface area contributed by atoms with Crippen molar-refractivity contribution in [3.05, 3.63) is 71.2 Å². The van der Waals surface area contributed by atoms with Gasteiger partial charge in [-0.15, -0.1) is 11.3 Å². The molecule has 3 aromatic rings. The van der Waals surface area contributed by atoms with E-state index in [9.17, 15) is 9.59 Å². The fraction of sp³-hybridized carbons (Fsp3) is 0.292. The summed E-state index contributed by atoms with van der Waals surface area (Å²) in [6.07, 6.45) is 2.75. The van der Waals surface area contributed by atoms with Crippen molar-refractivity contribution in [2.75, 3.05) is 5.32 Å². The summed E-state index contributed by atoms with van der Waals surface area (Å²) in [5.41, 5.74) is 3.98. The minimum absolute atomic E-state index is 0.0266. The van der Waals surface area contributed by atoms with Gasteiger partial charge in [0.1, 0.15) is 11.0 Å². The first-order valence-electron chi connectivity index (χ1n) is 10.2. The Hall–Kier alpha value is -2.99. The predicted octanol–water partition coefficient (Wildman–Crippen LogP) is 4.75. The number of nitrogens with one attached hydrogen (secondary N) is 1. The number of nitrogens with zero attached hydrogens (tertiary/aromatic N) is 2. The Morgan fingerprint density at radius 3 is 2.53 bits per heavy atom. The number of hydrogen-bond acceptors (Lipinski definition) is 4. The number of carbonyl (C=O) groups is 2. The number of benzene rings is 2. The van der Waals surface area contributed by atoms with Crippen molar-refractivity contribution >= 4 is 28.8 Å². The van der Waals surface area contributed by atoms with Crippen molar-refractivity contribution in [3.8, 4) is 10.6 Å².